The Morgan fingerprint density at radius 3 is 2.02 bits per heavy atom. The van der Waals surface area contributed by atoms with E-state index in [1.165, 1.54) is 17.6 Å². The number of rotatable bonds is 11. The summed E-state index contributed by atoms with van der Waals surface area (Å²) in [6.45, 7) is 0.0745. The van der Waals surface area contributed by atoms with Crippen LogP contribution in [-0.4, -0.2) is 65.6 Å². The summed E-state index contributed by atoms with van der Waals surface area (Å²) >= 11 is 0. The van der Waals surface area contributed by atoms with Crippen molar-refractivity contribution in [3.8, 4) is 11.5 Å². The third-order valence-electron chi connectivity index (χ3n) is 9.05. The van der Waals surface area contributed by atoms with Crippen molar-refractivity contribution in [1.29, 1.82) is 0 Å². The van der Waals surface area contributed by atoms with Crippen LogP contribution >= 0.6 is 0 Å². The van der Waals surface area contributed by atoms with E-state index in [0.717, 1.165) is 16.7 Å². The standard InChI is InChI=1S/C39H36FN5O5/c1-44(37(46)26-10-6-4-7-11-26)35-34-36(42-24-41-35)45(25-43-34)38-33(40)22-32(50-38)23-49-39(27-12-8-5-9-13-27,28-14-18-30(47-2)19-15-28)29-16-20-31(48-3)21-17-29/h4-21,24-25,32-33,38H,22-23H2,1-3H3/t32-,33-,38-/m1/s1. The quantitative estimate of drug-likeness (QED) is 0.139. The molecular weight excluding hydrogens is 637 g/mol. The Morgan fingerprint density at radius 1 is 0.840 bits per heavy atom. The molecule has 1 aliphatic heterocycles. The fourth-order valence-corrected chi connectivity index (χ4v) is 6.49. The highest BCUT2D eigenvalue weighted by atomic mass is 19.1. The summed E-state index contributed by atoms with van der Waals surface area (Å²) in [5, 5.41) is 0. The Morgan fingerprint density at radius 2 is 1.42 bits per heavy atom. The second kappa shape index (κ2) is 14.1. The highest BCUT2D eigenvalue weighted by molar-refractivity contribution is 6.08. The van der Waals surface area contributed by atoms with Gasteiger partial charge in [-0.3, -0.25) is 14.3 Å². The Bertz CT molecular complexity index is 2010. The zero-order valence-corrected chi connectivity index (χ0v) is 27.8. The van der Waals surface area contributed by atoms with E-state index in [1.807, 2.05) is 84.9 Å². The van der Waals surface area contributed by atoms with Gasteiger partial charge in [0.15, 0.2) is 23.2 Å². The Balaban J connectivity index is 1.19. The van der Waals surface area contributed by atoms with E-state index in [9.17, 15) is 4.79 Å². The van der Waals surface area contributed by atoms with E-state index < -0.39 is 24.1 Å². The second-order valence-electron chi connectivity index (χ2n) is 12.0. The number of nitrogens with zero attached hydrogens (tertiary/aromatic N) is 5. The minimum absolute atomic E-state index is 0.0745. The van der Waals surface area contributed by atoms with Crippen LogP contribution in [-0.2, 0) is 15.1 Å². The monoisotopic (exact) mass is 673 g/mol. The Labute approximate surface area is 289 Å². The normalized spacial score (nSPS) is 17.5. The van der Waals surface area contributed by atoms with Gasteiger partial charge in [0.2, 0.25) is 0 Å². The molecule has 0 bridgehead atoms. The van der Waals surface area contributed by atoms with Crippen LogP contribution in [0.15, 0.2) is 122 Å². The zero-order chi connectivity index (χ0) is 34.7. The number of fused-ring (bicyclic) bond motifs is 1. The summed E-state index contributed by atoms with van der Waals surface area (Å²) in [4.78, 5) is 27.8. The Hall–Kier alpha value is -5.65. The number of methoxy groups -OCH3 is 2. The molecule has 1 fully saturated rings. The molecule has 0 spiro atoms. The molecule has 6 aromatic rings. The van der Waals surface area contributed by atoms with Gasteiger partial charge in [0.25, 0.3) is 5.91 Å². The van der Waals surface area contributed by atoms with Crippen LogP contribution in [0.5, 0.6) is 11.5 Å². The van der Waals surface area contributed by atoms with Crippen molar-refractivity contribution < 1.29 is 28.1 Å². The molecule has 1 saturated heterocycles. The fraction of sp³-hybridized carbons (Fsp3) is 0.231. The van der Waals surface area contributed by atoms with Crippen LogP contribution in [0, 0.1) is 0 Å². The smallest absolute Gasteiger partial charge is 0.259 e. The molecular formula is C39H36FN5O5. The van der Waals surface area contributed by atoms with Crippen molar-refractivity contribution in [3.05, 3.63) is 144 Å². The number of alkyl halides is 1. The molecule has 4 aromatic carbocycles. The van der Waals surface area contributed by atoms with Crippen LogP contribution in [0.2, 0.25) is 0 Å². The maximum atomic E-state index is 15.9. The van der Waals surface area contributed by atoms with Crippen LogP contribution < -0.4 is 14.4 Å². The lowest BCUT2D eigenvalue weighted by molar-refractivity contribution is -0.0804. The average molecular weight is 674 g/mol. The summed E-state index contributed by atoms with van der Waals surface area (Å²) in [6.07, 6.45) is -0.0880. The van der Waals surface area contributed by atoms with E-state index in [0.29, 0.717) is 34.0 Å². The van der Waals surface area contributed by atoms with E-state index in [1.54, 1.807) is 50.1 Å². The molecule has 0 saturated carbocycles. The van der Waals surface area contributed by atoms with Crippen molar-refractivity contribution in [3.63, 3.8) is 0 Å². The third kappa shape index (κ3) is 6.06. The topological polar surface area (TPSA) is 101 Å². The minimum atomic E-state index is -1.38. The molecule has 50 heavy (non-hydrogen) atoms. The van der Waals surface area contributed by atoms with Gasteiger partial charge in [-0.1, -0.05) is 72.8 Å². The van der Waals surface area contributed by atoms with Crippen molar-refractivity contribution in [2.24, 2.45) is 0 Å². The molecule has 2 aromatic heterocycles. The van der Waals surface area contributed by atoms with Crippen LogP contribution in [0.1, 0.15) is 39.7 Å². The highest BCUT2D eigenvalue weighted by Gasteiger charge is 2.42. The van der Waals surface area contributed by atoms with E-state index in [-0.39, 0.29) is 18.9 Å². The van der Waals surface area contributed by atoms with Gasteiger partial charge in [-0.15, -0.1) is 0 Å². The minimum Gasteiger partial charge on any atom is -0.497 e. The van der Waals surface area contributed by atoms with E-state index >= 15 is 4.39 Å². The largest absolute Gasteiger partial charge is 0.497 e. The molecule has 0 N–H and O–H groups in total. The number of halogens is 1. The number of anilines is 1. The number of carbonyl (C=O) groups excluding carboxylic acids is 1. The van der Waals surface area contributed by atoms with Crippen molar-refractivity contribution in [1.82, 2.24) is 19.5 Å². The third-order valence-corrected chi connectivity index (χ3v) is 9.05. The highest BCUT2D eigenvalue weighted by Crippen LogP contribution is 2.43. The summed E-state index contributed by atoms with van der Waals surface area (Å²) < 4.78 is 41.7. The first-order chi connectivity index (χ1) is 24.4. The van der Waals surface area contributed by atoms with Crippen LogP contribution in [0.4, 0.5) is 10.2 Å². The number of imidazole rings is 1. The van der Waals surface area contributed by atoms with Crippen molar-refractivity contribution in [2.45, 2.75) is 30.5 Å². The van der Waals surface area contributed by atoms with Gasteiger partial charge in [-0.25, -0.2) is 19.3 Å². The molecule has 0 aliphatic carbocycles. The molecule has 0 radical (unpaired) electrons. The molecule has 0 unspecified atom stereocenters. The molecule has 1 amide bonds. The second-order valence-corrected chi connectivity index (χ2v) is 12.0. The van der Waals surface area contributed by atoms with Crippen molar-refractivity contribution in [2.75, 3.05) is 32.8 Å². The number of aromatic nitrogens is 4. The summed E-state index contributed by atoms with van der Waals surface area (Å²) in [5.41, 5.74) is 2.75. The molecule has 11 heteroatoms. The lowest BCUT2D eigenvalue weighted by Gasteiger charge is -2.37. The van der Waals surface area contributed by atoms with Gasteiger partial charge in [0, 0.05) is 19.0 Å². The number of hydrogen-bond donors (Lipinski definition) is 0. The van der Waals surface area contributed by atoms with Gasteiger partial charge >= 0.3 is 0 Å². The number of benzene rings is 4. The number of hydrogen-bond acceptors (Lipinski definition) is 8. The summed E-state index contributed by atoms with van der Waals surface area (Å²) in [7, 11) is 4.87. The van der Waals surface area contributed by atoms with E-state index in [2.05, 4.69) is 15.0 Å². The lowest BCUT2D eigenvalue weighted by atomic mass is 9.80. The first-order valence-corrected chi connectivity index (χ1v) is 16.2. The summed E-state index contributed by atoms with van der Waals surface area (Å²) in [5.74, 6) is 1.47. The Kier molecular flexibility index (Phi) is 9.25. The maximum absolute atomic E-state index is 15.9. The average Bonchev–Trinajstić information content (AvgIpc) is 3.78. The van der Waals surface area contributed by atoms with Crippen molar-refractivity contribution >= 4 is 22.9 Å². The predicted molar refractivity (Wildman–Crippen MR) is 186 cm³/mol. The lowest BCUT2D eigenvalue weighted by Crippen LogP contribution is -2.35. The number of ether oxygens (including phenoxy) is 4. The van der Waals surface area contributed by atoms with Gasteiger partial charge in [0.05, 0.1) is 33.3 Å². The summed E-state index contributed by atoms with van der Waals surface area (Å²) in [6, 6.07) is 34.3. The molecule has 3 atom stereocenters. The molecule has 1 aliphatic rings. The zero-order valence-electron chi connectivity index (χ0n) is 27.8. The maximum Gasteiger partial charge on any atom is 0.259 e. The number of amides is 1. The SMILES string of the molecule is COc1ccc(C(OC[C@H]2C[C@@H](F)[C@H](n3cnc4c(N(C)C(=O)c5ccccc5)ncnc43)O2)(c2ccccc2)c2ccc(OC)cc2)cc1. The van der Waals surface area contributed by atoms with Gasteiger partial charge < -0.3 is 18.9 Å². The van der Waals surface area contributed by atoms with E-state index in [4.69, 9.17) is 18.9 Å². The van der Waals surface area contributed by atoms with Crippen LogP contribution in [0.25, 0.3) is 11.2 Å². The fourth-order valence-electron chi connectivity index (χ4n) is 6.49. The number of carbonyl (C=O) groups is 1. The van der Waals surface area contributed by atoms with Gasteiger partial charge in [0.1, 0.15) is 29.6 Å². The molecule has 7 rings (SSSR count). The molecule has 254 valence electrons. The first-order valence-electron chi connectivity index (χ1n) is 16.2. The first kappa shape index (κ1) is 32.9. The predicted octanol–water partition coefficient (Wildman–Crippen LogP) is 6.75. The molecule has 10 nitrogen and oxygen atoms in total. The van der Waals surface area contributed by atoms with Gasteiger partial charge in [-0.05, 0) is 53.1 Å². The van der Waals surface area contributed by atoms with Gasteiger partial charge in [-0.2, -0.15) is 0 Å². The van der Waals surface area contributed by atoms with Crippen LogP contribution in [0.3, 0.4) is 0 Å². The molecule has 3 heterocycles.